The third kappa shape index (κ3) is 4.90. The summed E-state index contributed by atoms with van der Waals surface area (Å²) in [5, 5.41) is 14.8. The number of hydrogen-bond acceptors (Lipinski definition) is 5. The number of nitrogens with zero attached hydrogens (tertiary/aromatic N) is 2. The third-order valence-electron chi connectivity index (χ3n) is 3.52. The van der Waals surface area contributed by atoms with Gasteiger partial charge in [-0.1, -0.05) is 12.1 Å². The van der Waals surface area contributed by atoms with Crippen molar-refractivity contribution >= 4 is 21.7 Å². The molecule has 134 valence electrons. The van der Waals surface area contributed by atoms with Crippen molar-refractivity contribution in [1.82, 2.24) is 15.1 Å². The van der Waals surface area contributed by atoms with Gasteiger partial charge in [0.2, 0.25) is 5.91 Å². The smallest absolute Gasteiger partial charge is 0.356 e. The van der Waals surface area contributed by atoms with Crippen LogP contribution in [-0.4, -0.2) is 46.2 Å². The molecule has 0 aliphatic rings. The van der Waals surface area contributed by atoms with Crippen molar-refractivity contribution in [2.75, 3.05) is 5.75 Å². The fraction of sp³-hybridized carbons (Fsp3) is 0.312. The maximum absolute atomic E-state index is 11.8. The van der Waals surface area contributed by atoms with Crippen LogP contribution in [0.4, 0.5) is 0 Å². The molecule has 0 unspecified atom stereocenters. The second-order valence-electron chi connectivity index (χ2n) is 5.75. The summed E-state index contributed by atoms with van der Waals surface area (Å²) in [6, 6.07) is 8.36. The lowest BCUT2D eigenvalue weighted by Crippen LogP contribution is -2.32. The zero-order chi connectivity index (χ0) is 18.6. The van der Waals surface area contributed by atoms with Gasteiger partial charge in [0.15, 0.2) is 15.5 Å². The summed E-state index contributed by atoms with van der Waals surface area (Å²) >= 11 is 0. The van der Waals surface area contributed by atoms with E-state index in [2.05, 4.69) is 10.4 Å². The Labute approximate surface area is 145 Å². The summed E-state index contributed by atoms with van der Waals surface area (Å²) in [6.45, 7) is 3.22. The molecule has 0 atom stereocenters. The van der Waals surface area contributed by atoms with E-state index in [-0.39, 0.29) is 12.2 Å². The van der Waals surface area contributed by atoms with E-state index >= 15 is 0 Å². The second kappa shape index (κ2) is 7.47. The number of carboxylic acids is 1. The zero-order valence-corrected chi connectivity index (χ0v) is 14.7. The van der Waals surface area contributed by atoms with Crippen LogP contribution in [-0.2, 0) is 21.2 Å². The Morgan fingerprint density at radius 3 is 2.60 bits per heavy atom. The van der Waals surface area contributed by atoms with Gasteiger partial charge < -0.3 is 10.4 Å². The molecule has 0 aliphatic carbocycles. The molecule has 0 radical (unpaired) electrons. The molecule has 9 heteroatoms. The molecule has 1 aromatic heterocycles. The maximum Gasteiger partial charge on any atom is 0.356 e. The summed E-state index contributed by atoms with van der Waals surface area (Å²) in [6.07, 6.45) is 1.52. The minimum absolute atomic E-state index is 0.0717. The Bertz CT molecular complexity index is 887. The Hall–Kier alpha value is -2.68. The molecule has 8 nitrogen and oxygen atoms in total. The molecule has 2 aromatic rings. The van der Waals surface area contributed by atoms with Crippen molar-refractivity contribution in [3.8, 4) is 5.69 Å². The summed E-state index contributed by atoms with van der Waals surface area (Å²) in [4.78, 5) is 22.7. The second-order valence-corrected chi connectivity index (χ2v) is 8.31. The van der Waals surface area contributed by atoms with Gasteiger partial charge in [0.1, 0.15) is 5.75 Å². The lowest BCUT2D eigenvalue weighted by atomic mass is 10.2. The van der Waals surface area contributed by atoms with Gasteiger partial charge in [0.25, 0.3) is 0 Å². The summed E-state index contributed by atoms with van der Waals surface area (Å²) < 4.78 is 24.9. The van der Waals surface area contributed by atoms with Crippen LogP contribution in [0.3, 0.4) is 0 Å². The third-order valence-corrected chi connectivity index (χ3v) is 5.62. The van der Waals surface area contributed by atoms with Crippen molar-refractivity contribution in [1.29, 1.82) is 0 Å². The Morgan fingerprint density at radius 2 is 2.00 bits per heavy atom. The first kappa shape index (κ1) is 18.7. The molecule has 25 heavy (non-hydrogen) atoms. The van der Waals surface area contributed by atoms with E-state index in [0.29, 0.717) is 5.69 Å². The van der Waals surface area contributed by atoms with Gasteiger partial charge in [-0.05, 0) is 37.6 Å². The largest absolute Gasteiger partial charge is 0.476 e. The molecule has 2 rings (SSSR count). The average molecular weight is 365 g/mol. The number of carbonyl (C=O) groups is 2. The number of nitrogens with one attached hydrogen (secondary N) is 1. The number of benzene rings is 1. The molecule has 0 saturated carbocycles. The first-order valence-corrected chi connectivity index (χ1v) is 9.27. The van der Waals surface area contributed by atoms with E-state index in [9.17, 15) is 18.0 Å². The van der Waals surface area contributed by atoms with Crippen molar-refractivity contribution in [2.24, 2.45) is 0 Å². The van der Waals surface area contributed by atoms with Gasteiger partial charge >= 0.3 is 5.97 Å². The number of rotatable bonds is 7. The van der Waals surface area contributed by atoms with Crippen LogP contribution in [0.15, 0.2) is 36.5 Å². The van der Waals surface area contributed by atoms with Crippen molar-refractivity contribution in [3.05, 3.63) is 47.8 Å². The van der Waals surface area contributed by atoms with Crippen LogP contribution in [0.25, 0.3) is 5.69 Å². The quantitative estimate of drug-likeness (QED) is 0.756. The monoisotopic (exact) mass is 365 g/mol. The number of sulfone groups is 1. The van der Waals surface area contributed by atoms with E-state index in [1.165, 1.54) is 30.8 Å². The first-order valence-electron chi connectivity index (χ1n) is 7.55. The summed E-state index contributed by atoms with van der Waals surface area (Å²) in [5.41, 5.74) is 1.30. The van der Waals surface area contributed by atoms with Crippen LogP contribution in [0, 0.1) is 0 Å². The van der Waals surface area contributed by atoms with Gasteiger partial charge in [-0.25, -0.2) is 17.9 Å². The molecule has 0 spiro atoms. The topological polar surface area (TPSA) is 118 Å². The number of hydrogen-bond donors (Lipinski definition) is 2. The zero-order valence-electron chi connectivity index (χ0n) is 13.8. The van der Waals surface area contributed by atoms with E-state index in [1.807, 2.05) is 0 Å². The normalized spacial score (nSPS) is 11.5. The summed E-state index contributed by atoms with van der Waals surface area (Å²) in [5.74, 6) is -2.23. The molecule has 1 heterocycles. The molecule has 0 aliphatic heterocycles. The van der Waals surface area contributed by atoms with Gasteiger partial charge in [0, 0.05) is 12.7 Å². The summed E-state index contributed by atoms with van der Waals surface area (Å²) in [7, 11) is -3.44. The van der Waals surface area contributed by atoms with Gasteiger partial charge in [0.05, 0.1) is 10.9 Å². The fourth-order valence-corrected chi connectivity index (χ4v) is 2.79. The number of carbonyl (C=O) groups excluding carboxylic acids is 1. The van der Waals surface area contributed by atoms with E-state index in [4.69, 9.17) is 5.11 Å². The van der Waals surface area contributed by atoms with Gasteiger partial charge in [-0.2, -0.15) is 5.10 Å². The number of aromatic carboxylic acids is 1. The van der Waals surface area contributed by atoms with Crippen LogP contribution < -0.4 is 5.32 Å². The van der Waals surface area contributed by atoms with Gasteiger partial charge in [-0.3, -0.25) is 4.79 Å². The predicted octanol–water partition coefficient (Wildman–Crippen LogP) is 1.01. The number of amides is 1. The molecule has 0 bridgehead atoms. The standard InChI is InChI=1S/C16H19N3O5S/c1-11(2)25(23,24)10-15(20)17-9-12-4-3-5-13(8-12)19-7-6-14(18-19)16(21)22/h3-8,11H,9-10H2,1-2H3,(H,17,20)(H,21,22). The lowest BCUT2D eigenvalue weighted by molar-refractivity contribution is -0.118. The van der Waals surface area contributed by atoms with E-state index in [1.54, 1.807) is 24.3 Å². The Kier molecular flexibility index (Phi) is 5.58. The number of carboxylic acid groups (broad SMARTS) is 1. The highest BCUT2D eigenvalue weighted by molar-refractivity contribution is 7.92. The van der Waals surface area contributed by atoms with Crippen molar-refractivity contribution in [3.63, 3.8) is 0 Å². The maximum atomic E-state index is 11.8. The number of aromatic nitrogens is 2. The fourth-order valence-electron chi connectivity index (χ4n) is 1.99. The molecule has 2 N–H and O–H groups in total. The first-order chi connectivity index (χ1) is 11.7. The SMILES string of the molecule is CC(C)S(=O)(=O)CC(=O)NCc1cccc(-n2ccc(C(=O)O)n2)c1. The van der Waals surface area contributed by atoms with Crippen LogP contribution in [0.2, 0.25) is 0 Å². The molecule has 1 amide bonds. The van der Waals surface area contributed by atoms with Crippen molar-refractivity contribution in [2.45, 2.75) is 25.6 Å². The minimum atomic E-state index is -3.44. The lowest BCUT2D eigenvalue weighted by Gasteiger charge is -2.09. The predicted molar refractivity (Wildman–Crippen MR) is 91.3 cm³/mol. The molecular formula is C16H19N3O5S. The molecule has 0 saturated heterocycles. The van der Waals surface area contributed by atoms with Crippen molar-refractivity contribution < 1.29 is 23.1 Å². The Balaban J connectivity index is 2.04. The van der Waals surface area contributed by atoms with Crippen LogP contribution in [0.5, 0.6) is 0 Å². The van der Waals surface area contributed by atoms with E-state index < -0.39 is 32.7 Å². The highest BCUT2D eigenvalue weighted by Crippen LogP contribution is 2.11. The molecular weight excluding hydrogens is 346 g/mol. The highest BCUT2D eigenvalue weighted by Gasteiger charge is 2.20. The van der Waals surface area contributed by atoms with Gasteiger partial charge in [-0.15, -0.1) is 0 Å². The average Bonchev–Trinajstić information content (AvgIpc) is 3.03. The highest BCUT2D eigenvalue weighted by atomic mass is 32.2. The molecule has 0 fully saturated rings. The minimum Gasteiger partial charge on any atom is -0.476 e. The van der Waals surface area contributed by atoms with Crippen LogP contribution >= 0.6 is 0 Å². The van der Waals surface area contributed by atoms with Crippen LogP contribution in [0.1, 0.15) is 29.9 Å². The Morgan fingerprint density at radius 1 is 1.28 bits per heavy atom. The molecule has 1 aromatic carbocycles. The van der Waals surface area contributed by atoms with E-state index in [0.717, 1.165) is 5.56 Å².